The number of hydrogen-bond donors (Lipinski definition) is 4. The number of piperidine rings is 2. The number of rotatable bonds is 15. The van der Waals surface area contributed by atoms with E-state index in [0.717, 1.165) is 113 Å². The summed E-state index contributed by atoms with van der Waals surface area (Å²) in [6, 6.07) is 20.0. The van der Waals surface area contributed by atoms with E-state index in [9.17, 15) is 24.3 Å². The third-order valence-electron chi connectivity index (χ3n) is 17.0. The van der Waals surface area contributed by atoms with Gasteiger partial charge in [0.15, 0.2) is 23.0 Å². The molecule has 2 unspecified atom stereocenters. The molecule has 5 fully saturated rings. The molecule has 0 spiro atoms. The molecule has 2 atom stereocenters. The number of nitrogens with zero attached hydrogens (tertiary/aromatic N) is 5. The van der Waals surface area contributed by atoms with E-state index in [1.807, 2.05) is 37.3 Å². The molecule has 4 aromatic carbocycles. The molecule has 18 heteroatoms. The first-order valence-electron chi connectivity index (χ1n) is 26.8. The maximum Gasteiger partial charge on any atom is 0.329 e. The van der Waals surface area contributed by atoms with Gasteiger partial charge in [-0.3, -0.25) is 29.3 Å². The number of aliphatic hydroxyl groups is 1. The van der Waals surface area contributed by atoms with Crippen molar-refractivity contribution >= 4 is 52.1 Å². The van der Waals surface area contributed by atoms with Gasteiger partial charge in [-0.2, -0.15) is 5.10 Å². The van der Waals surface area contributed by atoms with Crippen LogP contribution in [0.4, 0.5) is 19.4 Å². The first-order valence-corrected chi connectivity index (χ1v) is 27.2. The summed E-state index contributed by atoms with van der Waals surface area (Å²) in [5.41, 5.74) is 7.72. The average molecular weight is 1050 g/mol. The molecule has 11 rings (SSSR count). The highest BCUT2D eigenvalue weighted by molar-refractivity contribution is 6.34. The first-order chi connectivity index (χ1) is 36.3. The third-order valence-corrected chi connectivity index (χ3v) is 17.4. The lowest BCUT2D eigenvalue weighted by Gasteiger charge is -2.40. The van der Waals surface area contributed by atoms with Crippen molar-refractivity contribution < 1.29 is 42.5 Å². The molecule has 3 saturated heterocycles. The molecular formula is C57H65ClF2N8O7. The Morgan fingerprint density at radius 2 is 1.67 bits per heavy atom. The number of urea groups is 1. The molecule has 5 aromatic rings. The molecule has 0 bridgehead atoms. The first kappa shape index (κ1) is 51.0. The Morgan fingerprint density at radius 1 is 0.920 bits per heavy atom. The number of nitrogens with one attached hydrogen (secondary N) is 2. The van der Waals surface area contributed by atoms with Gasteiger partial charge in [-0.1, -0.05) is 54.9 Å². The number of benzene rings is 4. The number of anilines is 1. The van der Waals surface area contributed by atoms with Gasteiger partial charge >= 0.3 is 6.03 Å². The summed E-state index contributed by atoms with van der Waals surface area (Å²) in [6.45, 7) is 6.61. The van der Waals surface area contributed by atoms with Gasteiger partial charge in [0.1, 0.15) is 18.2 Å². The fourth-order valence-corrected chi connectivity index (χ4v) is 12.9. The minimum absolute atomic E-state index is 0.0459. The smallest absolute Gasteiger partial charge is 0.329 e. The van der Waals surface area contributed by atoms with Crippen molar-refractivity contribution in [2.75, 3.05) is 63.9 Å². The molecule has 5 N–H and O–H groups in total. The summed E-state index contributed by atoms with van der Waals surface area (Å²) in [7, 11) is 0. The molecule has 75 heavy (non-hydrogen) atoms. The highest BCUT2D eigenvalue weighted by Gasteiger charge is 2.50. The number of hydrogen-bond acceptors (Lipinski definition) is 10. The van der Waals surface area contributed by atoms with Crippen molar-refractivity contribution in [3.05, 3.63) is 106 Å². The van der Waals surface area contributed by atoms with Crippen LogP contribution in [0.2, 0.25) is 5.02 Å². The number of carbonyl (C=O) groups excluding carboxylic acids is 4. The summed E-state index contributed by atoms with van der Waals surface area (Å²) >= 11 is 6.73. The number of imide groups is 1. The number of fused-ring (bicyclic) bond motifs is 2. The monoisotopic (exact) mass is 1050 g/mol. The van der Waals surface area contributed by atoms with Crippen LogP contribution in [0, 0.1) is 23.5 Å². The van der Waals surface area contributed by atoms with Crippen molar-refractivity contribution in [2.45, 2.75) is 107 Å². The maximum absolute atomic E-state index is 16.5. The number of amides is 5. The summed E-state index contributed by atoms with van der Waals surface area (Å²) in [5, 5.41) is 21.1. The van der Waals surface area contributed by atoms with E-state index < -0.39 is 40.1 Å². The Balaban J connectivity index is 0.687. The molecule has 4 aliphatic heterocycles. The summed E-state index contributed by atoms with van der Waals surface area (Å²) in [5.74, 6) is -1.83. The van der Waals surface area contributed by atoms with Crippen LogP contribution in [0.25, 0.3) is 22.0 Å². The summed E-state index contributed by atoms with van der Waals surface area (Å²) < 4.78 is 46.8. The van der Waals surface area contributed by atoms with Gasteiger partial charge in [-0.15, -0.1) is 0 Å². The van der Waals surface area contributed by atoms with Crippen LogP contribution in [-0.2, 0) is 15.2 Å². The van der Waals surface area contributed by atoms with Crippen LogP contribution in [0.3, 0.4) is 0 Å². The van der Waals surface area contributed by atoms with Gasteiger partial charge in [0.05, 0.1) is 28.8 Å². The van der Waals surface area contributed by atoms with Gasteiger partial charge in [-0.05, 0) is 125 Å². The number of likely N-dealkylation sites (tertiary alicyclic amines) is 2. The lowest BCUT2D eigenvalue weighted by Crippen LogP contribution is -2.49. The van der Waals surface area contributed by atoms with Crippen LogP contribution < -0.4 is 30.7 Å². The Kier molecular flexibility index (Phi) is 14.4. The number of aromatic nitrogens is 2. The lowest BCUT2D eigenvalue weighted by atomic mass is 9.77. The number of aliphatic hydroxyl groups excluding tert-OH is 1. The zero-order valence-corrected chi connectivity index (χ0v) is 43.1. The normalized spacial score (nSPS) is 23.8. The summed E-state index contributed by atoms with van der Waals surface area (Å²) in [6.07, 6.45) is 9.62. The van der Waals surface area contributed by atoms with E-state index in [2.05, 4.69) is 43.3 Å². The molecule has 2 aliphatic carbocycles. The zero-order chi connectivity index (χ0) is 52.1. The molecule has 0 radical (unpaired) electrons. The van der Waals surface area contributed by atoms with Crippen molar-refractivity contribution in [1.29, 1.82) is 0 Å². The van der Waals surface area contributed by atoms with Gasteiger partial charge in [0.25, 0.3) is 0 Å². The largest absolute Gasteiger partial charge is 0.488 e. The van der Waals surface area contributed by atoms with Crippen molar-refractivity contribution in [2.24, 2.45) is 17.6 Å². The molecule has 2 saturated carbocycles. The van der Waals surface area contributed by atoms with Gasteiger partial charge in [-0.25, -0.2) is 13.6 Å². The molecule has 6 aliphatic rings. The number of carbonyl (C=O) groups is 4. The fourth-order valence-electron chi connectivity index (χ4n) is 12.7. The quantitative estimate of drug-likeness (QED) is 0.0793. The minimum Gasteiger partial charge on any atom is -0.488 e. The van der Waals surface area contributed by atoms with Crippen LogP contribution >= 0.6 is 11.6 Å². The summed E-state index contributed by atoms with van der Waals surface area (Å²) in [4.78, 5) is 57.7. The highest BCUT2D eigenvalue weighted by atomic mass is 35.5. The van der Waals surface area contributed by atoms with Crippen LogP contribution in [0.15, 0.2) is 66.7 Å². The standard InChI is InChI=1S/C57H65ClF2N8O7/c1-33-48-46(30-43(59)51(58)50(48)49-42(53(61)71)15-16-45(52(49)60)74-28-27-69)75-57(33,38-5-3-2-4-6-38)32-62-39-10-7-36(8-11-39)55(72)66-24-17-34(18-25-66)31-65-22-19-35(20-23-65)37-9-14-41-44(29-37)68(40-12-13-40)64-54(41)67-26-21-47(70)63-56(67)73/h2-6,9,14-16,29-30,33-36,39-40,62,69H,7-8,10-13,17-28,31-32H2,1H3,(H2,61,71)(H,63,70,73). The van der Waals surface area contributed by atoms with Crippen LogP contribution in [0.1, 0.15) is 122 Å². The SMILES string of the molecule is CC1c2c(cc(F)c(Cl)c2-c2c(C(N)=O)ccc(OCCO)c2F)OC1(CNC1CCC(C(=O)N2CCC(CN3CCC(c4ccc5c(N6CCC(=O)NC6=O)nn(C6CC6)c5c4)CC3)CC2)CC1)c1ccccc1. The number of ether oxygens (including phenoxy) is 2. The fraction of sp³-hybridized carbons (Fsp3) is 0.491. The zero-order valence-electron chi connectivity index (χ0n) is 42.3. The molecular weight excluding hydrogens is 982 g/mol. The van der Waals surface area contributed by atoms with E-state index in [0.29, 0.717) is 42.3 Å². The lowest BCUT2D eigenvalue weighted by molar-refractivity contribution is -0.138. The molecule has 1 aromatic heterocycles. The minimum atomic E-state index is -1.10. The average Bonchev–Trinajstić information content (AvgIpc) is 4.16. The van der Waals surface area contributed by atoms with Crippen molar-refractivity contribution in [3.8, 4) is 22.6 Å². The van der Waals surface area contributed by atoms with Crippen molar-refractivity contribution in [1.82, 2.24) is 30.2 Å². The van der Waals surface area contributed by atoms with Crippen LogP contribution in [-0.4, -0.2) is 114 Å². The van der Waals surface area contributed by atoms with Gasteiger partial charge < -0.3 is 35.4 Å². The van der Waals surface area contributed by atoms with Gasteiger partial charge in [0.2, 0.25) is 17.7 Å². The second kappa shape index (κ2) is 21.1. The predicted molar refractivity (Wildman–Crippen MR) is 280 cm³/mol. The Morgan fingerprint density at radius 3 is 2.36 bits per heavy atom. The van der Waals surface area contributed by atoms with E-state index in [1.165, 1.54) is 23.8 Å². The van der Waals surface area contributed by atoms with E-state index in [4.69, 9.17) is 31.9 Å². The van der Waals surface area contributed by atoms with E-state index in [-0.39, 0.29) is 71.6 Å². The number of primary amides is 1. The Labute approximate surface area is 440 Å². The topological polar surface area (TPSA) is 185 Å². The van der Waals surface area contributed by atoms with Crippen LogP contribution in [0.5, 0.6) is 11.5 Å². The van der Waals surface area contributed by atoms with Crippen molar-refractivity contribution in [3.63, 3.8) is 0 Å². The molecule has 396 valence electrons. The van der Waals surface area contributed by atoms with E-state index >= 15 is 8.78 Å². The van der Waals surface area contributed by atoms with E-state index in [1.54, 1.807) is 4.90 Å². The second-order valence-corrected chi connectivity index (χ2v) is 22.0. The Bertz CT molecular complexity index is 3000. The second-order valence-electron chi connectivity index (χ2n) is 21.6. The predicted octanol–water partition coefficient (Wildman–Crippen LogP) is 8.54. The Hall–Kier alpha value is -6.14. The molecule has 15 nitrogen and oxygen atoms in total. The number of halogens is 3. The number of nitrogens with two attached hydrogens (primary N) is 1. The third kappa shape index (κ3) is 9.85. The molecule has 5 heterocycles. The van der Waals surface area contributed by atoms with Gasteiger partial charge in [0, 0.05) is 85.2 Å². The maximum atomic E-state index is 16.5. The highest BCUT2D eigenvalue weighted by Crippen LogP contribution is 2.57. The molecule has 5 amide bonds.